The Balaban J connectivity index is 0. The van der Waals surface area contributed by atoms with Gasteiger partial charge in [-0.3, -0.25) is 9.59 Å². The molecule has 0 aliphatic heterocycles. The molecule has 80 valence electrons. The maximum atomic E-state index is 9.79. The summed E-state index contributed by atoms with van der Waals surface area (Å²) in [6, 6.07) is 6.70. The van der Waals surface area contributed by atoms with Gasteiger partial charge < -0.3 is 10.8 Å². The Kier molecular flexibility index (Phi) is 8.92. The molecule has 0 amide bonds. The molecule has 15 heavy (non-hydrogen) atoms. The average molecular weight is 243 g/mol. The molecule has 1 aromatic carbocycles. The smallest absolute Gasteiger partial charge is 0.195 e. The number of Topliss-reactive ketones (excluding diaryl/α,β-unsaturated/α-hetero) is 2. The van der Waals surface area contributed by atoms with E-state index >= 15 is 0 Å². The number of hydrogen-bond acceptors (Lipinski definition) is 4. The molecule has 0 radical (unpaired) electrons. The van der Waals surface area contributed by atoms with Crippen molar-refractivity contribution in [2.45, 2.75) is 13.8 Å². The van der Waals surface area contributed by atoms with E-state index in [4.69, 9.17) is 10.8 Å². The van der Waals surface area contributed by atoms with Crippen molar-refractivity contribution in [1.82, 2.24) is 0 Å². The minimum Gasteiger partial charge on any atom is -0.506 e. The summed E-state index contributed by atoms with van der Waals surface area (Å²) < 4.78 is 0. The van der Waals surface area contributed by atoms with Crippen molar-refractivity contribution >= 4 is 17.3 Å². The van der Waals surface area contributed by atoms with Crippen LogP contribution in [0.5, 0.6) is 5.75 Å². The molecule has 1 rings (SSSR count). The fourth-order valence-electron chi connectivity index (χ4n) is 0.488. The Morgan fingerprint density at radius 2 is 1.53 bits per heavy atom. The monoisotopic (exact) mass is 243 g/mol. The number of carbonyl (C=O) groups excluding carboxylic acids is 2. The summed E-state index contributed by atoms with van der Waals surface area (Å²) in [5.41, 5.74) is 5.69. The summed E-state index contributed by atoms with van der Waals surface area (Å²) in [4.78, 5) is 19.6. The first-order chi connectivity index (χ1) is 6.45. The van der Waals surface area contributed by atoms with E-state index in [1.54, 1.807) is 24.3 Å². The average Bonchev–Trinajstić information content (AvgIpc) is 2.11. The number of ketones is 2. The van der Waals surface area contributed by atoms with Gasteiger partial charge in [0.2, 0.25) is 0 Å². The van der Waals surface area contributed by atoms with Crippen LogP contribution in [-0.2, 0) is 31.3 Å². The third kappa shape index (κ3) is 7.91. The molecule has 0 aromatic heterocycles. The van der Waals surface area contributed by atoms with E-state index in [1.807, 2.05) is 0 Å². The fraction of sp³-hybridized carbons (Fsp3) is 0.200. The Labute approximate surface area is 103 Å². The van der Waals surface area contributed by atoms with E-state index in [1.165, 1.54) is 13.8 Å². The number of para-hydroxylation sites is 2. The molecule has 0 aliphatic carbocycles. The molecule has 0 aliphatic rings. The van der Waals surface area contributed by atoms with E-state index in [0.29, 0.717) is 5.69 Å². The van der Waals surface area contributed by atoms with Crippen LogP contribution in [0, 0.1) is 0 Å². The maximum Gasteiger partial charge on any atom is 0.195 e. The molecule has 0 bridgehead atoms. The van der Waals surface area contributed by atoms with Crippen LogP contribution >= 0.6 is 0 Å². The minimum atomic E-state index is -0.380. The van der Waals surface area contributed by atoms with Crippen molar-refractivity contribution in [3.63, 3.8) is 0 Å². The molecule has 1 aromatic rings. The number of phenols is 1. The summed E-state index contributed by atoms with van der Waals surface area (Å²) in [5.74, 6) is -0.613. The fourth-order valence-corrected chi connectivity index (χ4v) is 0.488. The van der Waals surface area contributed by atoms with Crippen molar-refractivity contribution < 1.29 is 36.4 Å². The van der Waals surface area contributed by atoms with Crippen LogP contribution in [-0.4, -0.2) is 16.7 Å². The molecule has 0 fully saturated rings. The van der Waals surface area contributed by atoms with Crippen molar-refractivity contribution in [3.8, 4) is 5.75 Å². The Morgan fingerprint density at radius 3 is 1.73 bits per heavy atom. The topological polar surface area (TPSA) is 80.4 Å². The van der Waals surface area contributed by atoms with E-state index in [-0.39, 0.29) is 39.0 Å². The van der Waals surface area contributed by atoms with Crippen molar-refractivity contribution in [1.29, 1.82) is 0 Å². The summed E-state index contributed by atoms with van der Waals surface area (Å²) in [5, 5.41) is 8.79. The number of anilines is 1. The molecule has 0 unspecified atom stereocenters. The largest absolute Gasteiger partial charge is 0.506 e. The predicted octanol–water partition coefficient (Wildman–Crippen LogP) is 1.14. The Bertz CT molecular complexity index is 306. The first kappa shape index (κ1) is 16.3. The normalized spacial score (nSPS) is 7.87. The van der Waals surface area contributed by atoms with E-state index in [2.05, 4.69) is 0 Å². The Morgan fingerprint density at radius 1 is 1.13 bits per heavy atom. The molecular weight excluding hydrogens is 230 g/mol. The number of aromatic hydroxyl groups is 1. The number of nitrogens with two attached hydrogens (primary N) is 1. The number of benzene rings is 1. The van der Waals surface area contributed by atoms with Gasteiger partial charge in [0.1, 0.15) is 5.75 Å². The summed E-state index contributed by atoms with van der Waals surface area (Å²) in [6.45, 7) is 2.50. The molecule has 0 spiro atoms. The zero-order valence-corrected chi connectivity index (χ0v) is 10.2. The second kappa shape index (κ2) is 8.20. The van der Waals surface area contributed by atoms with Crippen LogP contribution in [0.4, 0.5) is 5.69 Å². The zero-order valence-electron chi connectivity index (χ0n) is 8.65. The van der Waals surface area contributed by atoms with Gasteiger partial charge in [0.25, 0.3) is 0 Å². The quantitative estimate of drug-likeness (QED) is 0.335. The van der Waals surface area contributed by atoms with Crippen molar-refractivity contribution in [2.24, 2.45) is 0 Å². The van der Waals surface area contributed by atoms with Gasteiger partial charge in [-0.1, -0.05) is 12.1 Å². The maximum absolute atomic E-state index is 9.79. The second-order valence-corrected chi connectivity index (χ2v) is 2.67. The molecule has 0 saturated heterocycles. The van der Waals surface area contributed by atoms with Crippen LogP contribution in [0.2, 0.25) is 0 Å². The SMILES string of the molecule is CC(=O)C(C)=O.Nc1ccccc1O.[Ti]. The number of carbonyl (C=O) groups is 2. The van der Waals surface area contributed by atoms with Gasteiger partial charge >= 0.3 is 0 Å². The van der Waals surface area contributed by atoms with Crippen LogP contribution in [0.1, 0.15) is 13.8 Å². The molecule has 4 nitrogen and oxygen atoms in total. The number of phenolic OH excluding ortho intramolecular Hbond substituents is 1. The molecule has 3 N–H and O–H groups in total. The van der Waals surface area contributed by atoms with Crippen LogP contribution < -0.4 is 5.73 Å². The minimum absolute atomic E-state index is 0. The molecule has 5 heteroatoms. The van der Waals surface area contributed by atoms with Crippen molar-refractivity contribution in [2.75, 3.05) is 5.73 Å². The molecule has 0 saturated carbocycles. The van der Waals surface area contributed by atoms with E-state index in [9.17, 15) is 9.59 Å². The van der Waals surface area contributed by atoms with Gasteiger partial charge in [0, 0.05) is 35.6 Å². The molecule has 0 heterocycles. The Hall–Kier alpha value is -1.13. The summed E-state index contributed by atoms with van der Waals surface area (Å²) >= 11 is 0. The number of rotatable bonds is 1. The van der Waals surface area contributed by atoms with Gasteiger partial charge in [0.05, 0.1) is 5.69 Å². The van der Waals surface area contributed by atoms with Crippen molar-refractivity contribution in [3.05, 3.63) is 24.3 Å². The first-order valence-corrected chi connectivity index (χ1v) is 4.00. The summed E-state index contributed by atoms with van der Waals surface area (Å²) in [7, 11) is 0. The van der Waals surface area contributed by atoms with Crippen LogP contribution in [0.3, 0.4) is 0 Å². The second-order valence-electron chi connectivity index (χ2n) is 2.67. The summed E-state index contributed by atoms with van der Waals surface area (Å²) in [6.07, 6.45) is 0. The van der Waals surface area contributed by atoms with Gasteiger partial charge in [-0.2, -0.15) is 0 Å². The van der Waals surface area contributed by atoms with Gasteiger partial charge in [-0.05, 0) is 12.1 Å². The van der Waals surface area contributed by atoms with Gasteiger partial charge in [-0.15, -0.1) is 0 Å². The van der Waals surface area contributed by atoms with Crippen LogP contribution in [0.15, 0.2) is 24.3 Å². The number of nitrogen functional groups attached to an aromatic ring is 1. The number of hydrogen-bond donors (Lipinski definition) is 2. The molecular formula is C10H13NO3Ti. The van der Waals surface area contributed by atoms with Gasteiger partial charge in [-0.25, -0.2) is 0 Å². The predicted molar refractivity (Wildman–Crippen MR) is 53.9 cm³/mol. The molecule has 0 atom stereocenters. The third-order valence-electron chi connectivity index (χ3n) is 1.43. The van der Waals surface area contributed by atoms with Crippen LogP contribution in [0.25, 0.3) is 0 Å². The van der Waals surface area contributed by atoms with E-state index < -0.39 is 0 Å². The third-order valence-corrected chi connectivity index (χ3v) is 1.43. The van der Waals surface area contributed by atoms with Gasteiger partial charge in [0.15, 0.2) is 11.6 Å². The zero-order chi connectivity index (χ0) is 11.1. The standard InChI is InChI=1S/C6H7NO.C4H6O2.Ti/c7-5-3-1-2-4-6(5)8;1-3(5)4(2)6;/h1-4,8H,7H2;1-2H3;. The van der Waals surface area contributed by atoms with E-state index in [0.717, 1.165) is 0 Å². The first-order valence-electron chi connectivity index (χ1n) is 4.00.